The summed E-state index contributed by atoms with van der Waals surface area (Å²) in [6.07, 6.45) is 5.91. The van der Waals surface area contributed by atoms with Gasteiger partial charge in [-0.2, -0.15) is 0 Å². The minimum absolute atomic E-state index is 0.135. The molecule has 4 fully saturated rings. The van der Waals surface area contributed by atoms with E-state index in [-0.39, 0.29) is 16.9 Å². The van der Waals surface area contributed by atoms with Crippen LogP contribution in [0.1, 0.15) is 55.3 Å². The molecule has 0 aromatic heterocycles. The Balaban J connectivity index is 1.35. The highest BCUT2D eigenvalue weighted by Crippen LogP contribution is 2.62. The summed E-state index contributed by atoms with van der Waals surface area (Å²) in [6, 6.07) is 5.14. The van der Waals surface area contributed by atoms with E-state index in [1.807, 2.05) is 0 Å². The van der Waals surface area contributed by atoms with Crippen molar-refractivity contribution in [2.24, 2.45) is 17.3 Å². The lowest BCUT2D eigenvalue weighted by atomic mass is 9.47. The van der Waals surface area contributed by atoms with Gasteiger partial charge in [-0.25, -0.2) is 4.39 Å². The van der Waals surface area contributed by atoms with E-state index in [1.54, 1.807) is 0 Å². The predicted molar refractivity (Wildman–Crippen MR) is 88.7 cm³/mol. The molecule has 0 radical (unpaired) electrons. The van der Waals surface area contributed by atoms with E-state index < -0.39 is 17.3 Å². The first-order chi connectivity index (χ1) is 11.8. The smallest absolute Gasteiger partial charge is 0.269 e. The van der Waals surface area contributed by atoms with Crippen molar-refractivity contribution in [3.63, 3.8) is 0 Å². The molecule has 5 rings (SSSR count). The van der Waals surface area contributed by atoms with Crippen molar-refractivity contribution >= 4 is 11.8 Å². The van der Waals surface area contributed by atoms with E-state index >= 15 is 0 Å². The fourth-order valence-corrected chi connectivity index (χ4v) is 5.79. The average Bonchev–Trinajstić information content (AvgIpc) is 2.50. The Bertz CT molecular complexity index is 689. The number of benzene rings is 1. The zero-order chi connectivity index (χ0) is 17.7. The lowest BCUT2D eigenvalue weighted by Crippen LogP contribution is -2.57. The number of hydrogen-bond acceptors (Lipinski definition) is 3. The Kier molecular flexibility index (Phi) is 3.83. The molecule has 0 heterocycles. The maximum absolute atomic E-state index is 12.9. The minimum atomic E-state index is -0.596. The molecule has 0 spiro atoms. The normalized spacial score (nSPS) is 35.4. The second kappa shape index (κ2) is 5.80. The summed E-state index contributed by atoms with van der Waals surface area (Å²) in [6.45, 7) is 0. The molecular formula is C19H23FN2O3. The summed E-state index contributed by atoms with van der Waals surface area (Å²) in [5.41, 5.74) is 4.41. The number of halogens is 1. The molecule has 4 bridgehead atoms. The van der Waals surface area contributed by atoms with E-state index in [0.29, 0.717) is 24.7 Å². The second-order valence-corrected chi connectivity index (χ2v) is 8.37. The number of aliphatic hydroxyl groups is 1. The van der Waals surface area contributed by atoms with E-state index in [1.165, 1.54) is 30.7 Å². The number of rotatable bonds is 3. The van der Waals surface area contributed by atoms with Gasteiger partial charge in [0.05, 0.1) is 5.60 Å². The zero-order valence-corrected chi connectivity index (χ0v) is 14.1. The van der Waals surface area contributed by atoms with E-state index in [9.17, 15) is 19.1 Å². The average molecular weight is 346 g/mol. The van der Waals surface area contributed by atoms with Gasteiger partial charge >= 0.3 is 0 Å². The summed E-state index contributed by atoms with van der Waals surface area (Å²) in [4.78, 5) is 24.3. The zero-order valence-electron chi connectivity index (χ0n) is 14.1. The third-order valence-electron chi connectivity index (χ3n) is 6.11. The number of carbonyl (C=O) groups is 2. The predicted octanol–water partition coefficient (Wildman–Crippen LogP) is 2.31. The van der Waals surface area contributed by atoms with Crippen molar-refractivity contribution in [3.05, 3.63) is 35.6 Å². The maximum Gasteiger partial charge on any atom is 0.269 e. The Morgan fingerprint density at radius 1 is 1.08 bits per heavy atom. The lowest BCUT2D eigenvalue weighted by Gasteiger charge is -2.60. The van der Waals surface area contributed by atoms with Gasteiger partial charge in [-0.05, 0) is 80.0 Å². The molecule has 2 unspecified atom stereocenters. The van der Waals surface area contributed by atoms with Crippen LogP contribution >= 0.6 is 0 Å². The standard InChI is InChI=1S/C19H23FN2O3/c20-15-3-1-14(2-4-15)17(24)22-21-16(23)10-18-6-12-5-13(7-18)9-19(25,8-12)11-18/h1-4,12-13,25H,5-11H2,(H,21,23)(H,22,24)/t12-,13+,18?,19?. The molecule has 2 amide bonds. The van der Waals surface area contributed by atoms with Crippen molar-refractivity contribution in [1.82, 2.24) is 10.9 Å². The van der Waals surface area contributed by atoms with Crippen LogP contribution in [-0.2, 0) is 4.79 Å². The van der Waals surface area contributed by atoms with Gasteiger partial charge in [0.25, 0.3) is 5.91 Å². The van der Waals surface area contributed by atoms with Crippen LogP contribution in [0.3, 0.4) is 0 Å². The second-order valence-electron chi connectivity index (χ2n) is 8.37. The van der Waals surface area contributed by atoms with E-state index in [2.05, 4.69) is 10.9 Å². The van der Waals surface area contributed by atoms with E-state index in [0.717, 1.165) is 25.7 Å². The summed E-state index contributed by atoms with van der Waals surface area (Å²) in [7, 11) is 0. The van der Waals surface area contributed by atoms with Crippen molar-refractivity contribution in [3.8, 4) is 0 Å². The first-order valence-corrected chi connectivity index (χ1v) is 8.92. The van der Waals surface area contributed by atoms with Gasteiger partial charge in [0.1, 0.15) is 5.82 Å². The highest BCUT2D eigenvalue weighted by Gasteiger charge is 2.57. The Morgan fingerprint density at radius 2 is 1.72 bits per heavy atom. The third-order valence-corrected chi connectivity index (χ3v) is 6.11. The first-order valence-electron chi connectivity index (χ1n) is 8.92. The fraction of sp³-hybridized carbons (Fsp3) is 0.579. The molecule has 6 heteroatoms. The Morgan fingerprint density at radius 3 is 2.32 bits per heavy atom. The van der Waals surface area contributed by atoms with E-state index in [4.69, 9.17) is 0 Å². The van der Waals surface area contributed by atoms with Crippen LogP contribution in [0.25, 0.3) is 0 Å². The molecule has 4 atom stereocenters. The molecule has 4 aliphatic rings. The molecule has 1 aromatic rings. The molecule has 4 saturated carbocycles. The summed E-state index contributed by atoms with van der Waals surface area (Å²) < 4.78 is 12.9. The SMILES string of the molecule is O=C(CC12C[C@@H]3C[C@@H](CC(O)(C3)C1)C2)NNC(=O)c1ccc(F)cc1. The van der Waals surface area contributed by atoms with Crippen molar-refractivity contribution in [2.75, 3.05) is 0 Å². The lowest BCUT2D eigenvalue weighted by molar-refractivity contribution is -0.169. The van der Waals surface area contributed by atoms with Crippen molar-refractivity contribution in [2.45, 2.75) is 50.5 Å². The molecule has 0 aliphatic heterocycles. The molecule has 5 nitrogen and oxygen atoms in total. The number of hydrogen-bond donors (Lipinski definition) is 3. The molecule has 134 valence electrons. The largest absolute Gasteiger partial charge is 0.390 e. The van der Waals surface area contributed by atoms with Gasteiger partial charge < -0.3 is 5.11 Å². The topological polar surface area (TPSA) is 78.4 Å². The number of carbonyl (C=O) groups excluding carboxylic acids is 2. The van der Waals surface area contributed by atoms with Crippen LogP contribution in [-0.4, -0.2) is 22.5 Å². The van der Waals surface area contributed by atoms with Gasteiger partial charge in [-0.15, -0.1) is 0 Å². The molecule has 25 heavy (non-hydrogen) atoms. The van der Waals surface area contributed by atoms with Gasteiger partial charge in [0, 0.05) is 12.0 Å². The van der Waals surface area contributed by atoms with Crippen molar-refractivity contribution in [1.29, 1.82) is 0 Å². The highest BCUT2D eigenvalue weighted by molar-refractivity contribution is 5.95. The molecule has 1 aromatic carbocycles. The van der Waals surface area contributed by atoms with Gasteiger partial charge in [-0.3, -0.25) is 20.4 Å². The Hall–Kier alpha value is -1.95. The number of hydrazine groups is 1. The third kappa shape index (κ3) is 3.27. The van der Waals surface area contributed by atoms with Gasteiger partial charge in [0.15, 0.2) is 0 Å². The van der Waals surface area contributed by atoms with Crippen LogP contribution < -0.4 is 10.9 Å². The monoisotopic (exact) mass is 346 g/mol. The number of nitrogens with one attached hydrogen (secondary N) is 2. The first kappa shape index (κ1) is 16.5. The molecular weight excluding hydrogens is 323 g/mol. The highest BCUT2D eigenvalue weighted by atomic mass is 19.1. The summed E-state index contributed by atoms with van der Waals surface area (Å²) >= 11 is 0. The summed E-state index contributed by atoms with van der Waals surface area (Å²) in [5.74, 6) is -0.0838. The van der Waals surface area contributed by atoms with Crippen LogP contribution in [0, 0.1) is 23.1 Å². The van der Waals surface area contributed by atoms with Gasteiger partial charge in [0.2, 0.25) is 5.91 Å². The number of amides is 2. The molecule has 0 saturated heterocycles. The van der Waals surface area contributed by atoms with Crippen LogP contribution in [0.5, 0.6) is 0 Å². The quantitative estimate of drug-likeness (QED) is 0.735. The molecule has 3 N–H and O–H groups in total. The van der Waals surface area contributed by atoms with Crippen LogP contribution in [0.15, 0.2) is 24.3 Å². The van der Waals surface area contributed by atoms with Crippen molar-refractivity contribution < 1.29 is 19.1 Å². The minimum Gasteiger partial charge on any atom is -0.390 e. The van der Waals surface area contributed by atoms with Crippen LogP contribution in [0.2, 0.25) is 0 Å². The van der Waals surface area contributed by atoms with Crippen LogP contribution in [0.4, 0.5) is 4.39 Å². The summed E-state index contributed by atoms with van der Waals surface area (Å²) in [5, 5.41) is 10.7. The van der Waals surface area contributed by atoms with Gasteiger partial charge in [-0.1, -0.05) is 0 Å². The Labute approximate surface area is 146 Å². The maximum atomic E-state index is 12.9. The fourth-order valence-electron chi connectivity index (χ4n) is 5.79. The molecule has 4 aliphatic carbocycles.